The molecule has 0 saturated heterocycles. The number of hydrogen-bond donors (Lipinski definition) is 1. The summed E-state index contributed by atoms with van der Waals surface area (Å²) in [6, 6.07) is 3.67. The van der Waals surface area contributed by atoms with Gasteiger partial charge in [-0.25, -0.2) is 0 Å². The first-order valence-electron chi connectivity index (χ1n) is 4.95. The Morgan fingerprint density at radius 2 is 1.36 bits per heavy atom. The van der Waals surface area contributed by atoms with E-state index in [1.165, 1.54) is 11.1 Å². The van der Waals surface area contributed by atoms with Gasteiger partial charge in [0.05, 0.1) is 0 Å². The average Bonchev–Trinajstić information content (AvgIpc) is 2.07. The zero-order chi connectivity index (χ0) is 10.9. The van der Waals surface area contributed by atoms with E-state index in [9.17, 15) is 5.11 Å². The second-order valence-electron chi connectivity index (χ2n) is 4.25. The Labute approximate surface area is 94.3 Å². The Balaban J connectivity index is 3.32. The normalized spacial score (nSPS) is 11.4. The Hall–Kier alpha value is -0.500. The zero-order valence-corrected chi connectivity index (χ0v) is 10.7. The van der Waals surface area contributed by atoms with Crippen LogP contribution in [-0.4, -0.2) is 5.11 Å². The molecule has 0 atom stereocenters. The van der Waals surface area contributed by atoms with Crippen molar-refractivity contribution >= 4 is 15.9 Å². The number of aromatic hydroxyl groups is 1. The summed E-state index contributed by atoms with van der Waals surface area (Å²) in [6.07, 6.45) is 0. The molecule has 1 aromatic rings. The third kappa shape index (κ3) is 2.30. The topological polar surface area (TPSA) is 20.2 Å². The van der Waals surface area contributed by atoms with Gasteiger partial charge in [-0.05, 0) is 35.1 Å². The molecule has 0 radical (unpaired) electrons. The second-order valence-corrected chi connectivity index (χ2v) is 5.04. The lowest BCUT2D eigenvalue weighted by atomic mass is 9.95. The number of phenols is 1. The highest BCUT2D eigenvalue weighted by atomic mass is 79.9. The van der Waals surface area contributed by atoms with Gasteiger partial charge >= 0.3 is 0 Å². The van der Waals surface area contributed by atoms with Crippen LogP contribution in [0.4, 0.5) is 0 Å². The molecule has 0 aliphatic heterocycles. The van der Waals surface area contributed by atoms with Crippen molar-refractivity contribution in [1.82, 2.24) is 0 Å². The van der Waals surface area contributed by atoms with E-state index >= 15 is 0 Å². The largest absolute Gasteiger partial charge is 0.508 e. The predicted octanol–water partition coefficient (Wildman–Crippen LogP) is 4.40. The van der Waals surface area contributed by atoms with Gasteiger partial charge in [-0.15, -0.1) is 0 Å². The molecule has 0 fully saturated rings. The van der Waals surface area contributed by atoms with E-state index in [-0.39, 0.29) is 0 Å². The lowest BCUT2D eigenvalue weighted by Gasteiger charge is -2.15. The van der Waals surface area contributed by atoms with Crippen LogP contribution in [0.3, 0.4) is 0 Å². The Kier molecular flexibility index (Phi) is 3.59. The summed E-state index contributed by atoms with van der Waals surface area (Å²) in [5, 5.41) is 9.60. The van der Waals surface area contributed by atoms with Crippen LogP contribution in [-0.2, 0) is 0 Å². The number of halogens is 1. The van der Waals surface area contributed by atoms with E-state index in [4.69, 9.17) is 0 Å². The maximum absolute atomic E-state index is 9.60. The molecule has 0 aliphatic rings. The highest BCUT2D eigenvalue weighted by molar-refractivity contribution is 9.10. The number of hydrogen-bond acceptors (Lipinski definition) is 1. The van der Waals surface area contributed by atoms with E-state index < -0.39 is 0 Å². The third-order valence-corrected chi connectivity index (χ3v) is 3.27. The summed E-state index contributed by atoms with van der Waals surface area (Å²) in [7, 11) is 0. The molecule has 2 heteroatoms. The molecule has 0 bridgehead atoms. The van der Waals surface area contributed by atoms with Gasteiger partial charge in [-0.2, -0.15) is 0 Å². The molecule has 0 aliphatic carbocycles. The van der Waals surface area contributed by atoms with Crippen molar-refractivity contribution in [3.63, 3.8) is 0 Å². The molecular formula is C12H17BrO. The van der Waals surface area contributed by atoms with Gasteiger partial charge in [0.2, 0.25) is 0 Å². The predicted molar refractivity (Wildman–Crippen MR) is 64.0 cm³/mol. The summed E-state index contributed by atoms with van der Waals surface area (Å²) >= 11 is 3.61. The summed E-state index contributed by atoms with van der Waals surface area (Å²) < 4.78 is 1.14. The van der Waals surface area contributed by atoms with Crippen molar-refractivity contribution in [2.45, 2.75) is 39.5 Å². The lowest BCUT2D eigenvalue weighted by Crippen LogP contribution is -1.96. The van der Waals surface area contributed by atoms with E-state index in [1.54, 1.807) is 0 Å². The van der Waals surface area contributed by atoms with Crippen molar-refractivity contribution in [3.05, 3.63) is 27.7 Å². The molecular weight excluding hydrogens is 240 g/mol. The second kappa shape index (κ2) is 4.35. The van der Waals surface area contributed by atoms with Gasteiger partial charge in [0.25, 0.3) is 0 Å². The van der Waals surface area contributed by atoms with E-state index in [0.29, 0.717) is 17.6 Å². The molecule has 0 saturated carbocycles. The monoisotopic (exact) mass is 256 g/mol. The molecule has 0 spiro atoms. The summed E-state index contributed by atoms with van der Waals surface area (Å²) in [5.74, 6) is 1.21. The van der Waals surface area contributed by atoms with Gasteiger partial charge < -0.3 is 5.11 Å². The van der Waals surface area contributed by atoms with Crippen LogP contribution in [0.2, 0.25) is 0 Å². The van der Waals surface area contributed by atoms with Crippen LogP contribution in [0.1, 0.15) is 50.7 Å². The van der Waals surface area contributed by atoms with Crippen molar-refractivity contribution in [2.75, 3.05) is 0 Å². The maximum Gasteiger partial charge on any atom is 0.116 e. The Morgan fingerprint density at radius 1 is 1.00 bits per heavy atom. The van der Waals surface area contributed by atoms with Crippen LogP contribution in [0.5, 0.6) is 5.75 Å². The lowest BCUT2D eigenvalue weighted by molar-refractivity contribution is 0.472. The molecule has 1 nitrogen and oxygen atoms in total. The summed E-state index contributed by atoms with van der Waals surface area (Å²) in [5.41, 5.74) is 2.35. The first-order chi connectivity index (χ1) is 6.43. The standard InChI is InChI=1S/C12H17BrO/c1-7(2)10-5-9(14)6-11(8(3)4)12(10)13/h5-8,14H,1-4H3. The van der Waals surface area contributed by atoms with Crippen LogP contribution in [0.15, 0.2) is 16.6 Å². The molecule has 0 aromatic heterocycles. The minimum absolute atomic E-state index is 0.362. The quantitative estimate of drug-likeness (QED) is 0.832. The van der Waals surface area contributed by atoms with Crippen LogP contribution >= 0.6 is 15.9 Å². The van der Waals surface area contributed by atoms with Crippen LogP contribution in [0, 0.1) is 0 Å². The van der Waals surface area contributed by atoms with Gasteiger partial charge in [0.15, 0.2) is 0 Å². The summed E-state index contributed by atoms with van der Waals surface area (Å²) in [4.78, 5) is 0. The van der Waals surface area contributed by atoms with E-state index in [1.807, 2.05) is 12.1 Å². The molecule has 1 N–H and O–H groups in total. The van der Waals surface area contributed by atoms with Crippen LogP contribution in [0.25, 0.3) is 0 Å². The van der Waals surface area contributed by atoms with Crippen molar-refractivity contribution in [3.8, 4) is 5.75 Å². The first-order valence-corrected chi connectivity index (χ1v) is 5.75. The average molecular weight is 257 g/mol. The summed E-state index contributed by atoms with van der Waals surface area (Å²) in [6.45, 7) is 8.51. The van der Waals surface area contributed by atoms with E-state index in [2.05, 4.69) is 43.6 Å². The van der Waals surface area contributed by atoms with Crippen molar-refractivity contribution in [1.29, 1.82) is 0 Å². The molecule has 0 unspecified atom stereocenters. The molecule has 1 aromatic carbocycles. The minimum Gasteiger partial charge on any atom is -0.508 e. The minimum atomic E-state index is 0.362. The SMILES string of the molecule is CC(C)c1cc(O)cc(C(C)C)c1Br. The Bertz CT molecular complexity index is 300. The fourth-order valence-corrected chi connectivity index (χ4v) is 2.64. The Morgan fingerprint density at radius 3 is 1.64 bits per heavy atom. The highest BCUT2D eigenvalue weighted by Crippen LogP contribution is 2.35. The van der Waals surface area contributed by atoms with Crippen LogP contribution < -0.4 is 0 Å². The fourth-order valence-electron chi connectivity index (χ4n) is 1.49. The number of benzene rings is 1. The van der Waals surface area contributed by atoms with Gasteiger partial charge in [-0.3, -0.25) is 0 Å². The molecule has 78 valence electrons. The maximum atomic E-state index is 9.60. The molecule has 1 rings (SSSR count). The fraction of sp³-hybridized carbons (Fsp3) is 0.500. The highest BCUT2D eigenvalue weighted by Gasteiger charge is 2.13. The third-order valence-electron chi connectivity index (χ3n) is 2.36. The number of phenolic OH excluding ortho intramolecular Hbond substituents is 1. The van der Waals surface area contributed by atoms with E-state index in [0.717, 1.165) is 4.47 Å². The van der Waals surface area contributed by atoms with Gasteiger partial charge in [0.1, 0.15) is 5.75 Å². The zero-order valence-electron chi connectivity index (χ0n) is 9.13. The number of rotatable bonds is 2. The van der Waals surface area contributed by atoms with Gasteiger partial charge in [0, 0.05) is 4.47 Å². The van der Waals surface area contributed by atoms with Crippen molar-refractivity contribution < 1.29 is 5.11 Å². The molecule has 0 amide bonds. The molecule has 14 heavy (non-hydrogen) atoms. The molecule has 0 heterocycles. The first kappa shape index (κ1) is 11.6. The van der Waals surface area contributed by atoms with Crippen molar-refractivity contribution in [2.24, 2.45) is 0 Å². The smallest absolute Gasteiger partial charge is 0.116 e. The van der Waals surface area contributed by atoms with Gasteiger partial charge in [-0.1, -0.05) is 43.6 Å².